The summed E-state index contributed by atoms with van der Waals surface area (Å²) in [6.45, 7) is 0.416. The van der Waals surface area contributed by atoms with Crippen LogP contribution >= 0.6 is 24.0 Å². The van der Waals surface area contributed by atoms with Crippen LogP contribution in [0, 0.1) is 0 Å². The largest absolute Gasteiger partial charge is 0.350 e. The number of pyridine rings is 1. The van der Waals surface area contributed by atoms with Gasteiger partial charge in [-0.1, -0.05) is 24.0 Å². The van der Waals surface area contributed by atoms with Gasteiger partial charge in [0, 0.05) is 18.9 Å². The Balaban J connectivity index is 1.82. The minimum atomic E-state index is -0.218. The number of carbonyl (C=O) groups is 2. The molecule has 0 spiro atoms. The molecule has 1 aliphatic rings. The summed E-state index contributed by atoms with van der Waals surface area (Å²) in [6.07, 6.45) is 3.33. The molecule has 1 fully saturated rings. The predicted molar refractivity (Wildman–Crippen MR) is 72.9 cm³/mol. The number of carbonyl (C=O) groups excluding carboxylic acids is 2. The molecule has 1 aromatic rings. The van der Waals surface area contributed by atoms with E-state index in [0.29, 0.717) is 16.6 Å². The van der Waals surface area contributed by atoms with Gasteiger partial charge in [-0.25, -0.2) is 0 Å². The first-order valence-electron chi connectivity index (χ1n) is 5.29. The molecule has 0 aromatic carbocycles. The smallest absolute Gasteiger partial charge is 0.240 e. The van der Waals surface area contributed by atoms with Crippen LogP contribution in [0.1, 0.15) is 5.56 Å². The van der Waals surface area contributed by atoms with Gasteiger partial charge in [-0.15, -0.1) is 0 Å². The number of rotatable bonds is 4. The highest BCUT2D eigenvalue weighted by Crippen LogP contribution is 2.18. The highest BCUT2D eigenvalue weighted by molar-refractivity contribution is 8.23. The molecule has 94 valence electrons. The molecule has 0 aliphatic carbocycles. The fourth-order valence-corrected chi connectivity index (χ4v) is 2.50. The van der Waals surface area contributed by atoms with Crippen molar-refractivity contribution >= 4 is 40.1 Å². The summed E-state index contributed by atoms with van der Waals surface area (Å²) in [5.74, 6) is 0.00490. The maximum absolute atomic E-state index is 11.7. The molecule has 2 amide bonds. The molecule has 0 radical (unpaired) electrons. The molecule has 0 atom stereocenters. The van der Waals surface area contributed by atoms with Gasteiger partial charge < -0.3 is 5.32 Å². The lowest BCUT2D eigenvalue weighted by Crippen LogP contribution is -2.39. The molecule has 7 heteroatoms. The second kappa shape index (κ2) is 5.92. The van der Waals surface area contributed by atoms with Gasteiger partial charge in [-0.05, 0) is 17.7 Å². The van der Waals surface area contributed by atoms with Crippen LogP contribution in [-0.4, -0.2) is 38.3 Å². The van der Waals surface area contributed by atoms with Gasteiger partial charge in [0.05, 0.1) is 5.75 Å². The Bertz CT molecular complexity index is 462. The average molecular weight is 281 g/mol. The van der Waals surface area contributed by atoms with Gasteiger partial charge in [0.2, 0.25) is 11.8 Å². The Morgan fingerprint density at radius 3 is 2.83 bits per heavy atom. The van der Waals surface area contributed by atoms with Gasteiger partial charge in [-0.3, -0.25) is 19.5 Å². The van der Waals surface area contributed by atoms with E-state index in [-0.39, 0.29) is 18.4 Å². The van der Waals surface area contributed by atoms with E-state index in [9.17, 15) is 9.59 Å². The number of thiocarbonyl (C=S) groups is 1. The third-order valence-corrected chi connectivity index (χ3v) is 3.81. The van der Waals surface area contributed by atoms with Crippen molar-refractivity contribution in [3.63, 3.8) is 0 Å². The minimum Gasteiger partial charge on any atom is -0.350 e. The summed E-state index contributed by atoms with van der Waals surface area (Å²) in [4.78, 5) is 28.3. The summed E-state index contributed by atoms with van der Waals surface area (Å²) in [5.41, 5.74) is 0.961. The molecular weight excluding hydrogens is 270 g/mol. The number of thioether (sulfide) groups is 1. The van der Waals surface area contributed by atoms with Gasteiger partial charge >= 0.3 is 0 Å². The highest BCUT2D eigenvalue weighted by Gasteiger charge is 2.28. The minimum absolute atomic E-state index is 0.00422. The molecule has 5 nitrogen and oxygen atoms in total. The number of nitrogens with zero attached hydrogens (tertiary/aromatic N) is 2. The molecule has 0 saturated carbocycles. The van der Waals surface area contributed by atoms with Crippen molar-refractivity contribution in [1.29, 1.82) is 0 Å². The van der Waals surface area contributed by atoms with Crippen LogP contribution in [-0.2, 0) is 16.1 Å². The molecule has 2 heterocycles. The van der Waals surface area contributed by atoms with E-state index in [1.165, 1.54) is 16.7 Å². The van der Waals surface area contributed by atoms with Gasteiger partial charge in [0.15, 0.2) is 0 Å². The molecule has 1 N–H and O–H groups in total. The van der Waals surface area contributed by atoms with Crippen molar-refractivity contribution in [2.24, 2.45) is 0 Å². The molecule has 1 aliphatic heterocycles. The van der Waals surface area contributed by atoms with Crippen molar-refractivity contribution in [3.8, 4) is 0 Å². The Hall–Kier alpha value is -1.47. The van der Waals surface area contributed by atoms with Gasteiger partial charge in [-0.2, -0.15) is 0 Å². The van der Waals surface area contributed by atoms with Crippen molar-refractivity contribution in [3.05, 3.63) is 30.1 Å². The van der Waals surface area contributed by atoms with Crippen molar-refractivity contribution in [2.45, 2.75) is 6.54 Å². The number of amides is 2. The predicted octanol–water partition coefficient (Wildman–Crippen LogP) is 0.558. The van der Waals surface area contributed by atoms with Crippen LogP contribution in [0.5, 0.6) is 0 Å². The van der Waals surface area contributed by atoms with Crippen LogP contribution < -0.4 is 5.32 Å². The van der Waals surface area contributed by atoms with Crippen molar-refractivity contribution < 1.29 is 9.59 Å². The van der Waals surface area contributed by atoms with E-state index in [0.717, 1.165) is 5.56 Å². The van der Waals surface area contributed by atoms with Crippen LogP contribution in [0.2, 0.25) is 0 Å². The summed E-state index contributed by atoms with van der Waals surface area (Å²) in [6, 6.07) is 3.64. The fraction of sp³-hybridized carbons (Fsp3) is 0.273. The first kappa shape index (κ1) is 13.0. The molecule has 2 rings (SSSR count). The summed E-state index contributed by atoms with van der Waals surface area (Å²) in [5, 5.41) is 2.74. The molecule has 1 saturated heterocycles. The van der Waals surface area contributed by atoms with E-state index >= 15 is 0 Å². The number of hydrogen-bond donors (Lipinski definition) is 1. The van der Waals surface area contributed by atoms with E-state index in [2.05, 4.69) is 10.3 Å². The second-order valence-electron chi connectivity index (χ2n) is 3.67. The number of hydrogen-bond acceptors (Lipinski definition) is 5. The quantitative estimate of drug-likeness (QED) is 0.817. The lowest BCUT2D eigenvalue weighted by molar-refractivity contribution is -0.129. The van der Waals surface area contributed by atoms with Crippen LogP contribution in [0.25, 0.3) is 0 Å². The normalized spacial score (nSPS) is 15.0. The second-order valence-corrected chi connectivity index (χ2v) is 5.28. The molecular formula is C11H11N3O2S2. The molecule has 1 aromatic heterocycles. The Kier molecular flexibility index (Phi) is 4.27. The zero-order chi connectivity index (χ0) is 13.0. The zero-order valence-electron chi connectivity index (χ0n) is 9.46. The first-order valence-corrected chi connectivity index (χ1v) is 6.69. The fourth-order valence-electron chi connectivity index (χ4n) is 1.43. The standard InChI is InChI=1S/C11H11N3O2S2/c15-9(6-14-10(16)7-18-11(14)17)13-5-8-1-3-12-4-2-8/h1-4H,5-7H2,(H,13,15). The number of nitrogens with one attached hydrogen (secondary N) is 1. The van der Waals surface area contributed by atoms with E-state index < -0.39 is 0 Å². The lowest BCUT2D eigenvalue weighted by Gasteiger charge is -2.14. The highest BCUT2D eigenvalue weighted by atomic mass is 32.2. The first-order chi connectivity index (χ1) is 8.66. The summed E-state index contributed by atoms with van der Waals surface area (Å²) < 4.78 is 0.471. The summed E-state index contributed by atoms with van der Waals surface area (Å²) in [7, 11) is 0. The summed E-state index contributed by atoms with van der Waals surface area (Å²) >= 11 is 6.28. The van der Waals surface area contributed by atoms with E-state index in [1.54, 1.807) is 12.4 Å². The average Bonchev–Trinajstić information content (AvgIpc) is 2.69. The Morgan fingerprint density at radius 1 is 1.50 bits per heavy atom. The van der Waals surface area contributed by atoms with Crippen LogP contribution in [0.3, 0.4) is 0 Å². The third-order valence-electron chi connectivity index (χ3n) is 2.38. The molecule has 18 heavy (non-hydrogen) atoms. The SMILES string of the molecule is O=C(CN1C(=O)CSC1=S)NCc1ccncc1. The van der Waals surface area contributed by atoms with Gasteiger partial charge in [0.25, 0.3) is 0 Å². The molecule has 0 unspecified atom stereocenters. The van der Waals surface area contributed by atoms with Crippen LogP contribution in [0.15, 0.2) is 24.5 Å². The number of aromatic nitrogens is 1. The van der Waals surface area contributed by atoms with Crippen molar-refractivity contribution in [1.82, 2.24) is 15.2 Å². The van der Waals surface area contributed by atoms with Crippen molar-refractivity contribution in [2.75, 3.05) is 12.3 Å². The van der Waals surface area contributed by atoms with E-state index in [1.807, 2.05) is 12.1 Å². The van der Waals surface area contributed by atoms with E-state index in [4.69, 9.17) is 12.2 Å². The lowest BCUT2D eigenvalue weighted by atomic mass is 10.3. The zero-order valence-corrected chi connectivity index (χ0v) is 11.1. The Morgan fingerprint density at radius 2 is 2.22 bits per heavy atom. The molecule has 0 bridgehead atoms. The third kappa shape index (κ3) is 3.27. The van der Waals surface area contributed by atoms with Crippen LogP contribution in [0.4, 0.5) is 0 Å². The monoisotopic (exact) mass is 281 g/mol. The Labute approximate surface area is 114 Å². The van der Waals surface area contributed by atoms with Gasteiger partial charge in [0.1, 0.15) is 10.9 Å². The maximum Gasteiger partial charge on any atom is 0.240 e. The maximum atomic E-state index is 11.7. The topological polar surface area (TPSA) is 62.3 Å².